The molecule has 2 rings (SSSR count). The van der Waals surface area contributed by atoms with E-state index >= 15 is 0 Å². The standard InChI is InChI=1S/C17H15F2NO3/c1-2-3-10-6-11(18)7-15(19)14(10)9-20-16-5-4-12(21)8-13(16)17(22)23/h2-8,20-21H,9H2,1H3,(H,22,23). The third-order valence-corrected chi connectivity index (χ3v) is 3.23. The molecule has 6 heteroatoms. The Morgan fingerprint density at radius 2 is 2.00 bits per heavy atom. The van der Waals surface area contributed by atoms with Crippen molar-refractivity contribution in [3.63, 3.8) is 0 Å². The molecule has 0 aliphatic heterocycles. The van der Waals surface area contributed by atoms with Crippen molar-refractivity contribution in [2.24, 2.45) is 0 Å². The summed E-state index contributed by atoms with van der Waals surface area (Å²) < 4.78 is 27.3. The summed E-state index contributed by atoms with van der Waals surface area (Å²) in [6.07, 6.45) is 3.22. The number of carboxylic acid groups (broad SMARTS) is 1. The highest BCUT2D eigenvalue weighted by atomic mass is 19.1. The van der Waals surface area contributed by atoms with Crippen LogP contribution in [0.2, 0.25) is 0 Å². The van der Waals surface area contributed by atoms with Gasteiger partial charge in [-0.15, -0.1) is 0 Å². The van der Waals surface area contributed by atoms with Crippen LogP contribution in [0.25, 0.3) is 6.08 Å². The van der Waals surface area contributed by atoms with E-state index in [0.29, 0.717) is 5.56 Å². The van der Waals surface area contributed by atoms with E-state index in [4.69, 9.17) is 5.11 Å². The summed E-state index contributed by atoms with van der Waals surface area (Å²) in [4.78, 5) is 11.2. The molecular formula is C17H15F2NO3. The fraction of sp³-hybridized carbons (Fsp3) is 0.118. The van der Waals surface area contributed by atoms with Crippen molar-refractivity contribution in [3.8, 4) is 5.75 Å². The average Bonchev–Trinajstić information content (AvgIpc) is 2.47. The minimum absolute atomic E-state index is 0.0309. The zero-order valence-electron chi connectivity index (χ0n) is 12.3. The van der Waals surface area contributed by atoms with Gasteiger partial charge < -0.3 is 15.5 Å². The van der Waals surface area contributed by atoms with Gasteiger partial charge in [0.1, 0.15) is 17.4 Å². The summed E-state index contributed by atoms with van der Waals surface area (Å²) in [6.45, 7) is 1.69. The van der Waals surface area contributed by atoms with E-state index in [1.54, 1.807) is 19.1 Å². The van der Waals surface area contributed by atoms with Gasteiger partial charge in [0.05, 0.1) is 5.56 Å². The lowest BCUT2D eigenvalue weighted by atomic mass is 10.1. The van der Waals surface area contributed by atoms with Gasteiger partial charge in [0, 0.05) is 23.9 Å². The van der Waals surface area contributed by atoms with Gasteiger partial charge in [-0.1, -0.05) is 12.2 Å². The normalized spacial score (nSPS) is 10.9. The molecule has 0 aliphatic carbocycles. The minimum atomic E-state index is -1.23. The first-order valence-corrected chi connectivity index (χ1v) is 6.83. The molecule has 0 aliphatic rings. The number of rotatable bonds is 5. The van der Waals surface area contributed by atoms with E-state index in [1.165, 1.54) is 18.2 Å². The Bertz CT molecular complexity index is 773. The van der Waals surface area contributed by atoms with Gasteiger partial charge in [0.15, 0.2) is 0 Å². The lowest BCUT2D eigenvalue weighted by Gasteiger charge is -2.13. The molecule has 0 aromatic heterocycles. The van der Waals surface area contributed by atoms with Crippen molar-refractivity contribution >= 4 is 17.7 Å². The van der Waals surface area contributed by atoms with Gasteiger partial charge >= 0.3 is 5.97 Å². The minimum Gasteiger partial charge on any atom is -0.508 e. The van der Waals surface area contributed by atoms with Crippen molar-refractivity contribution < 1.29 is 23.8 Å². The maximum atomic E-state index is 14.0. The van der Waals surface area contributed by atoms with E-state index < -0.39 is 17.6 Å². The van der Waals surface area contributed by atoms with E-state index in [0.717, 1.165) is 12.1 Å². The number of phenols is 1. The predicted octanol–water partition coefficient (Wildman–Crippen LogP) is 4.01. The molecule has 0 fully saturated rings. The molecule has 120 valence electrons. The number of carbonyl (C=O) groups is 1. The van der Waals surface area contributed by atoms with Gasteiger partial charge in [-0.05, 0) is 36.8 Å². The lowest BCUT2D eigenvalue weighted by Crippen LogP contribution is -2.09. The zero-order valence-corrected chi connectivity index (χ0v) is 12.3. The van der Waals surface area contributed by atoms with Crippen molar-refractivity contribution in [1.82, 2.24) is 0 Å². The third-order valence-electron chi connectivity index (χ3n) is 3.23. The van der Waals surface area contributed by atoms with E-state index in [2.05, 4.69) is 5.32 Å². The Hall–Kier alpha value is -2.89. The van der Waals surface area contributed by atoms with Crippen LogP contribution in [-0.4, -0.2) is 16.2 Å². The van der Waals surface area contributed by atoms with E-state index in [1.807, 2.05) is 0 Å². The lowest BCUT2D eigenvalue weighted by molar-refractivity contribution is 0.0697. The first-order valence-electron chi connectivity index (χ1n) is 6.83. The Labute approximate surface area is 131 Å². The number of phenolic OH excluding ortho intramolecular Hbond substituents is 1. The summed E-state index contributed by atoms with van der Waals surface area (Å²) in [5.74, 6) is -2.82. The first-order chi connectivity index (χ1) is 10.9. The highest BCUT2D eigenvalue weighted by Gasteiger charge is 2.13. The topological polar surface area (TPSA) is 69.6 Å². The summed E-state index contributed by atoms with van der Waals surface area (Å²) in [5, 5.41) is 21.3. The molecule has 2 aromatic rings. The number of allylic oxidation sites excluding steroid dienone is 1. The van der Waals surface area contributed by atoms with Crippen LogP contribution in [0.5, 0.6) is 5.75 Å². The molecule has 0 heterocycles. The summed E-state index contributed by atoms with van der Waals surface area (Å²) in [7, 11) is 0. The van der Waals surface area contributed by atoms with Gasteiger partial charge in [0.2, 0.25) is 0 Å². The van der Waals surface area contributed by atoms with Crippen molar-refractivity contribution in [1.29, 1.82) is 0 Å². The summed E-state index contributed by atoms with van der Waals surface area (Å²) in [6, 6.07) is 5.78. The number of carboxylic acids is 1. The van der Waals surface area contributed by atoms with Gasteiger partial charge in [-0.3, -0.25) is 0 Å². The number of hydrogen-bond acceptors (Lipinski definition) is 3. The van der Waals surface area contributed by atoms with Gasteiger partial charge in [0.25, 0.3) is 0 Å². The summed E-state index contributed by atoms with van der Waals surface area (Å²) in [5.41, 5.74) is 0.674. The maximum Gasteiger partial charge on any atom is 0.337 e. The first kappa shape index (κ1) is 16.5. The Kier molecular flexibility index (Phi) is 4.95. The second-order valence-corrected chi connectivity index (χ2v) is 4.84. The number of aromatic carboxylic acids is 1. The number of anilines is 1. The average molecular weight is 319 g/mol. The largest absolute Gasteiger partial charge is 0.508 e. The Balaban J connectivity index is 2.33. The van der Waals surface area contributed by atoms with Gasteiger partial charge in [-0.2, -0.15) is 0 Å². The molecule has 23 heavy (non-hydrogen) atoms. The smallest absolute Gasteiger partial charge is 0.337 e. The van der Waals surface area contributed by atoms with Crippen LogP contribution in [0.1, 0.15) is 28.4 Å². The van der Waals surface area contributed by atoms with Crippen LogP contribution >= 0.6 is 0 Å². The second kappa shape index (κ2) is 6.91. The molecule has 0 atom stereocenters. The van der Waals surface area contributed by atoms with Crippen LogP contribution in [0.4, 0.5) is 14.5 Å². The van der Waals surface area contributed by atoms with Gasteiger partial charge in [-0.25, -0.2) is 13.6 Å². The fourth-order valence-electron chi connectivity index (χ4n) is 2.19. The highest BCUT2D eigenvalue weighted by molar-refractivity contribution is 5.94. The molecular weight excluding hydrogens is 304 g/mol. The van der Waals surface area contributed by atoms with Crippen LogP contribution < -0.4 is 5.32 Å². The molecule has 0 saturated carbocycles. The molecule has 4 nitrogen and oxygen atoms in total. The number of benzene rings is 2. The van der Waals surface area contributed by atoms with Crippen molar-refractivity contribution in [2.75, 3.05) is 5.32 Å². The van der Waals surface area contributed by atoms with Crippen molar-refractivity contribution in [2.45, 2.75) is 13.5 Å². The summed E-state index contributed by atoms with van der Waals surface area (Å²) >= 11 is 0. The SMILES string of the molecule is CC=Cc1cc(F)cc(F)c1CNc1ccc(O)cc1C(=O)O. The fourth-order valence-corrected chi connectivity index (χ4v) is 2.19. The highest BCUT2D eigenvalue weighted by Crippen LogP contribution is 2.24. The number of nitrogens with one attached hydrogen (secondary N) is 1. The van der Waals surface area contributed by atoms with Crippen LogP contribution in [0.15, 0.2) is 36.4 Å². The Morgan fingerprint density at radius 1 is 1.26 bits per heavy atom. The van der Waals surface area contributed by atoms with Crippen LogP contribution in [0.3, 0.4) is 0 Å². The molecule has 0 amide bonds. The van der Waals surface area contributed by atoms with E-state index in [-0.39, 0.29) is 29.1 Å². The predicted molar refractivity (Wildman–Crippen MR) is 83.5 cm³/mol. The number of halogens is 2. The van der Waals surface area contributed by atoms with E-state index in [9.17, 15) is 18.7 Å². The van der Waals surface area contributed by atoms with Crippen molar-refractivity contribution in [3.05, 3.63) is 64.7 Å². The second-order valence-electron chi connectivity index (χ2n) is 4.84. The molecule has 0 saturated heterocycles. The molecule has 0 bridgehead atoms. The number of aromatic hydroxyl groups is 1. The number of hydrogen-bond donors (Lipinski definition) is 3. The van der Waals surface area contributed by atoms with Crippen LogP contribution in [0, 0.1) is 11.6 Å². The monoisotopic (exact) mass is 319 g/mol. The molecule has 2 aromatic carbocycles. The molecule has 3 N–H and O–H groups in total. The Morgan fingerprint density at radius 3 is 2.65 bits per heavy atom. The quantitative estimate of drug-likeness (QED) is 0.728. The zero-order chi connectivity index (χ0) is 17.0. The molecule has 0 radical (unpaired) electrons. The molecule has 0 unspecified atom stereocenters. The maximum absolute atomic E-state index is 14.0. The van der Waals surface area contributed by atoms with Crippen LogP contribution in [-0.2, 0) is 6.54 Å². The molecule has 0 spiro atoms. The third kappa shape index (κ3) is 3.85.